The summed E-state index contributed by atoms with van der Waals surface area (Å²) in [5, 5.41) is 10.7. The first kappa shape index (κ1) is 25.5. The second-order valence-electron chi connectivity index (χ2n) is 8.53. The molecule has 2 amide bonds. The summed E-state index contributed by atoms with van der Waals surface area (Å²) in [6.45, 7) is 6.14. The fraction of sp³-hybridized carbons (Fsp3) is 0.407. The zero-order valence-electron chi connectivity index (χ0n) is 20.1. The highest BCUT2D eigenvalue weighted by Crippen LogP contribution is 2.33. The fourth-order valence-corrected chi connectivity index (χ4v) is 4.00. The highest BCUT2D eigenvalue weighted by molar-refractivity contribution is 5.95. The topological polar surface area (TPSA) is 85.3 Å². The Morgan fingerprint density at radius 2 is 1.85 bits per heavy atom. The maximum Gasteiger partial charge on any atom is 0.417 e. The second-order valence-corrected chi connectivity index (χ2v) is 8.53. The van der Waals surface area contributed by atoms with Gasteiger partial charge in [0.25, 0.3) is 0 Å². The van der Waals surface area contributed by atoms with Crippen LogP contribution in [0.25, 0.3) is 0 Å². The zero-order chi connectivity index (χ0) is 24.7. The molecule has 0 spiro atoms. The number of hydrogen-bond acceptors (Lipinski definition) is 6. The number of benzene rings is 2. The van der Waals surface area contributed by atoms with E-state index in [1.54, 1.807) is 27.9 Å². The van der Waals surface area contributed by atoms with Gasteiger partial charge < -0.3 is 19.3 Å². The minimum absolute atomic E-state index is 0.452. The van der Waals surface area contributed by atoms with Gasteiger partial charge in [0.05, 0.1) is 38.4 Å². The van der Waals surface area contributed by atoms with E-state index in [0.717, 1.165) is 21.8 Å². The monoisotopic (exact) mass is 467 g/mol. The Labute approximate surface area is 200 Å². The lowest BCUT2D eigenvalue weighted by atomic mass is 9.95. The Morgan fingerprint density at radius 1 is 1.18 bits per heavy atom. The number of nitrogens with zero attached hydrogens (tertiary/aromatic N) is 1. The summed E-state index contributed by atoms with van der Waals surface area (Å²) in [4.78, 5) is 26.7. The maximum atomic E-state index is 13.1. The molecule has 1 aliphatic rings. The third-order valence-electron chi connectivity index (χ3n) is 6.12. The van der Waals surface area contributed by atoms with Crippen LogP contribution >= 0.6 is 0 Å². The molecule has 4 atom stereocenters. The third-order valence-corrected chi connectivity index (χ3v) is 6.12. The molecule has 0 unspecified atom stereocenters. The molecule has 1 fully saturated rings. The minimum atomic E-state index is -1.01. The fourth-order valence-electron chi connectivity index (χ4n) is 4.00. The van der Waals surface area contributed by atoms with E-state index in [1.807, 2.05) is 60.7 Å². The van der Waals surface area contributed by atoms with Crippen molar-refractivity contribution in [1.29, 1.82) is 0 Å². The van der Waals surface area contributed by atoms with E-state index in [4.69, 9.17) is 14.2 Å². The predicted octanol–water partition coefficient (Wildman–Crippen LogP) is 4.65. The molecule has 0 aliphatic carbocycles. The smallest absolute Gasteiger partial charge is 0.417 e. The number of aliphatic hydroxyl groups is 1. The number of rotatable bonds is 10. The molecule has 0 saturated carbocycles. The first-order chi connectivity index (χ1) is 16.3. The van der Waals surface area contributed by atoms with Crippen molar-refractivity contribution in [2.45, 2.75) is 52.0 Å². The van der Waals surface area contributed by atoms with Crippen molar-refractivity contribution in [3.63, 3.8) is 0 Å². The SMILES string of the molecule is COc1ccc(COCC/C=C(\C)[C@H](O)[C@H](C)C(=O)N2C(=O)O[C@@H](c3ccccc3)[C@H]2C)cc1. The molecule has 0 radical (unpaired) electrons. The molecule has 7 nitrogen and oxygen atoms in total. The van der Waals surface area contributed by atoms with Crippen molar-refractivity contribution in [1.82, 2.24) is 4.90 Å². The first-order valence-electron chi connectivity index (χ1n) is 11.5. The highest BCUT2D eigenvalue weighted by atomic mass is 16.6. The molecule has 0 bridgehead atoms. The number of amides is 2. The van der Waals surface area contributed by atoms with E-state index in [-0.39, 0.29) is 0 Å². The van der Waals surface area contributed by atoms with E-state index < -0.39 is 36.2 Å². The normalized spacial score (nSPS) is 20.1. The summed E-state index contributed by atoms with van der Waals surface area (Å²) in [5.74, 6) is -0.444. The minimum Gasteiger partial charge on any atom is -0.497 e. The number of imide groups is 1. The van der Waals surface area contributed by atoms with Crippen LogP contribution in [-0.4, -0.2) is 47.9 Å². The quantitative estimate of drug-likeness (QED) is 0.404. The molecular formula is C27H33NO6. The van der Waals surface area contributed by atoms with Gasteiger partial charge in [-0.05, 0) is 49.1 Å². The molecule has 1 heterocycles. The number of carbonyl (C=O) groups is 2. The molecular weight excluding hydrogens is 434 g/mol. The number of carbonyl (C=O) groups excluding carboxylic acids is 2. The number of ether oxygens (including phenoxy) is 3. The lowest BCUT2D eigenvalue weighted by Gasteiger charge is -2.25. The Balaban J connectivity index is 1.50. The van der Waals surface area contributed by atoms with Gasteiger partial charge in [0.1, 0.15) is 11.9 Å². The van der Waals surface area contributed by atoms with Gasteiger partial charge in [-0.2, -0.15) is 0 Å². The van der Waals surface area contributed by atoms with Gasteiger partial charge in [-0.25, -0.2) is 9.69 Å². The van der Waals surface area contributed by atoms with Crippen LogP contribution in [0, 0.1) is 5.92 Å². The van der Waals surface area contributed by atoms with E-state index in [0.29, 0.717) is 25.2 Å². The Hall–Kier alpha value is -3.16. The summed E-state index contributed by atoms with van der Waals surface area (Å²) < 4.78 is 16.3. The number of aliphatic hydroxyl groups excluding tert-OH is 1. The Kier molecular flexibility index (Phi) is 8.85. The molecule has 1 aliphatic heterocycles. The number of hydrogen-bond donors (Lipinski definition) is 1. The van der Waals surface area contributed by atoms with Gasteiger partial charge in [0.2, 0.25) is 5.91 Å². The van der Waals surface area contributed by atoms with Crippen LogP contribution in [0.4, 0.5) is 4.79 Å². The average Bonchev–Trinajstić information content (AvgIpc) is 3.16. The molecule has 34 heavy (non-hydrogen) atoms. The van der Waals surface area contributed by atoms with E-state index in [1.165, 1.54) is 0 Å². The predicted molar refractivity (Wildman–Crippen MR) is 128 cm³/mol. The molecule has 2 aromatic rings. The average molecular weight is 468 g/mol. The summed E-state index contributed by atoms with van der Waals surface area (Å²) >= 11 is 0. The zero-order valence-corrected chi connectivity index (χ0v) is 20.1. The summed E-state index contributed by atoms with van der Waals surface area (Å²) in [7, 11) is 1.63. The largest absolute Gasteiger partial charge is 0.497 e. The molecule has 1 N–H and O–H groups in total. The van der Waals surface area contributed by atoms with Crippen LogP contribution in [0.2, 0.25) is 0 Å². The highest BCUT2D eigenvalue weighted by Gasteiger charge is 2.45. The van der Waals surface area contributed by atoms with Gasteiger partial charge in [-0.1, -0.05) is 55.5 Å². The van der Waals surface area contributed by atoms with Crippen molar-refractivity contribution in [2.75, 3.05) is 13.7 Å². The maximum absolute atomic E-state index is 13.1. The third kappa shape index (κ3) is 6.04. The number of cyclic esters (lactones) is 1. The van der Waals surface area contributed by atoms with Crippen molar-refractivity contribution in [3.05, 3.63) is 77.4 Å². The standard InChI is InChI=1S/C27H33NO6/c1-18(9-8-16-33-17-21-12-14-23(32-4)15-13-21)24(29)19(2)26(30)28-20(3)25(34-27(28)31)22-10-6-5-7-11-22/h5-7,9-15,19-20,24-25,29H,8,16-17H2,1-4H3/b18-9+/t19-,20+,24-,25+/m0/s1. The van der Waals surface area contributed by atoms with Crippen LogP contribution in [0.15, 0.2) is 66.2 Å². The summed E-state index contributed by atoms with van der Waals surface area (Å²) in [5.41, 5.74) is 2.53. The van der Waals surface area contributed by atoms with Crippen molar-refractivity contribution in [2.24, 2.45) is 5.92 Å². The summed E-state index contributed by atoms with van der Waals surface area (Å²) in [6, 6.07) is 16.5. The molecule has 2 aromatic carbocycles. The Bertz CT molecular complexity index is 988. The van der Waals surface area contributed by atoms with Crippen LogP contribution in [-0.2, 0) is 20.9 Å². The van der Waals surface area contributed by atoms with Crippen molar-refractivity contribution >= 4 is 12.0 Å². The van der Waals surface area contributed by atoms with Crippen LogP contribution < -0.4 is 4.74 Å². The summed E-state index contributed by atoms with van der Waals surface area (Å²) in [6.07, 6.45) is 0.240. The van der Waals surface area contributed by atoms with E-state index in [2.05, 4.69) is 0 Å². The number of methoxy groups -OCH3 is 1. The van der Waals surface area contributed by atoms with Crippen LogP contribution in [0.1, 0.15) is 44.4 Å². The van der Waals surface area contributed by atoms with Crippen LogP contribution in [0.5, 0.6) is 5.75 Å². The molecule has 182 valence electrons. The van der Waals surface area contributed by atoms with Crippen molar-refractivity contribution in [3.8, 4) is 5.75 Å². The van der Waals surface area contributed by atoms with E-state index >= 15 is 0 Å². The molecule has 3 rings (SSSR count). The van der Waals surface area contributed by atoms with Gasteiger partial charge in [-0.3, -0.25) is 4.79 Å². The Morgan fingerprint density at radius 3 is 2.50 bits per heavy atom. The van der Waals surface area contributed by atoms with E-state index in [9.17, 15) is 14.7 Å². The molecule has 1 saturated heterocycles. The van der Waals surface area contributed by atoms with Crippen LogP contribution in [0.3, 0.4) is 0 Å². The molecule has 0 aromatic heterocycles. The van der Waals surface area contributed by atoms with Gasteiger partial charge >= 0.3 is 6.09 Å². The molecule has 7 heteroatoms. The second kappa shape index (κ2) is 11.8. The lowest BCUT2D eigenvalue weighted by molar-refractivity contribution is -0.135. The first-order valence-corrected chi connectivity index (χ1v) is 11.5. The van der Waals surface area contributed by atoms with Gasteiger partial charge in [0, 0.05) is 0 Å². The lowest BCUT2D eigenvalue weighted by Crippen LogP contribution is -2.44. The van der Waals surface area contributed by atoms with Gasteiger partial charge in [0.15, 0.2) is 0 Å². The van der Waals surface area contributed by atoms with Crippen molar-refractivity contribution < 1.29 is 28.9 Å². The van der Waals surface area contributed by atoms with Gasteiger partial charge in [-0.15, -0.1) is 0 Å².